The zero-order chi connectivity index (χ0) is 27.9. The van der Waals surface area contributed by atoms with E-state index >= 15 is 0 Å². The fourth-order valence-electron chi connectivity index (χ4n) is 4.82. The highest BCUT2D eigenvalue weighted by atomic mass is 32.2. The van der Waals surface area contributed by atoms with Gasteiger partial charge in [0, 0.05) is 17.4 Å². The van der Waals surface area contributed by atoms with Gasteiger partial charge in [-0.25, -0.2) is 0 Å². The molecule has 1 N–H and O–H groups in total. The number of carbonyl (C=O) groups is 2. The Morgan fingerprint density at radius 3 is 2.26 bits per heavy atom. The molecule has 1 heterocycles. The minimum Gasteiger partial charge on any atom is -0.497 e. The molecule has 2 aromatic carbocycles. The number of hydrogen-bond acceptors (Lipinski definition) is 5. The summed E-state index contributed by atoms with van der Waals surface area (Å²) in [7, 11) is 1.61. The summed E-state index contributed by atoms with van der Waals surface area (Å²) < 4.78 is 5.27. The number of hydrogen-bond donors (Lipinski definition) is 1. The molecule has 1 fully saturated rings. The summed E-state index contributed by atoms with van der Waals surface area (Å²) in [5.41, 5.74) is 2.87. The molecular weight excluding hydrogens is 494 g/mol. The van der Waals surface area contributed by atoms with Gasteiger partial charge in [-0.2, -0.15) is 0 Å². The first-order chi connectivity index (χ1) is 18.1. The lowest BCUT2D eigenvalue weighted by Gasteiger charge is -2.30. The number of rotatable bonds is 11. The van der Waals surface area contributed by atoms with E-state index in [4.69, 9.17) is 4.74 Å². The molecule has 2 amide bonds. The van der Waals surface area contributed by atoms with Crippen molar-refractivity contribution in [3.05, 3.63) is 65.2 Å². The number of carbonyl (C=O) groups excluding carboxylic acids is 2. The third-order valence-electron chi connectivity index (χ3n) is 7.33. The van der Waals surface area contributed by atoms with Crippen LogP contribution in [0, 0.1) is 0 Å². The van der Waals surface area contributed by atoms with Crippen LogP contribution in [-0.2, 0) is 10.2 Å². The van der Waals surface area contributed by atoms with E-state index in [0.717, 1.165) is 38.0 Å². The fraction of sp³-hybridized carbons (Fsp3) is 0.548. The van der Waals surface area contributed by atoms with Crippen LogP contribution in [0.2, 0.25) is 0 Å². The van der Waals surface area contributed by atoms with Crippen LogP contribution in [0.5, 0.6) is 5.75 Å². The predicted octanol–water partition coefficient (Wildman–Crippen LogP) is 5.88. The number of ether oxygens (including phenoxy) is 1. The highest BCUT2D eigenvalue weighted by molar-refractivity contribution is 7.99. The topological polar surface area (TPSA) is 61.9 Å². The van der Waals surface area contributed by atoms with Crippen molar-refractivity contribution in [1.82, 2.24) is 15.1 Å². The monoisotopic (exact) mass is 539 g/mol. The molecule has 0 saturated carbocycles. The third kappa shape index (κ3) is 7.54. The summed E-state index contributed by atoms with van der Waals surface area (Å²) in [6.45, 7) is 16.1. The van der Waals surface area contributed by atoms with E-state index in [1.165, 1.54) is 5.56 Å². The summed E-state index contributed by atoms with van der Waals surface area (Å²) in [5, 5.41) is 2.97. The highest BCUT2D eigenvalue weighted by Gasteiger charge is 2.43. The maximum absolute atomic E-state index is 13.9. The summed E-state index contributed by atoms with van der Waals surface area (Å²) in [4.78, 5) is 31.6. The standard InChI is InChI=1S/C31H45N3O3S/c1-8-33(9-2)20-10-11-22(3)32-28(35)27-21-38-30(24-12-16-25(17-13-24)31(4,5)6)34(27)29(36)23-14-18-26(37-7)19-15-23/h12-19,22,27,30H,8-11,20-21H2,1-7H3,(H,32,35). The Labute approximate surface area is 233 Å². The Bertz CT molecular complexity index is 1050. The molecule has 0 aromatic heterocycles. The molecule has 3 rings (SSSR count). The molecule has 2 aromatic rings. The van der Waals surface area contributed by atoms with Gasteiger partial charge >= 0.3 is 0 Å². The predicted molar refractivity (Wildman–Crippen MR) is 158 cm³/mol. The Hall–Kier alpha value is -2.51. The van der Waals surface area contributed by atoms with Crippen LogP contribution < -0.4 is 10.1 Å². The van der Waals surface area contributed by atoms with Gasteiger partial charge in [0.1, 0.15) is 17.2 Å². The first-order valence-electron chi connectivity index (χ1n) is 13.8. The summed E-state index contributed by atoms with van der Waals surface area (Å²) in [5.74, 6) is 1.03. The molecule has 0 aliphatic carbocycles. The van der Waals surface area contributed by atoms with Crippen LogP contribution in [0.25, 0.3) is 0 Å². The number of nitrogens with zero attached hydrogens (tertiary/aromatic N) is 2. The normalized spacial score (nSPS) is 18.5. The zero-order valence-electron chi connectivity index (χ0n) is 24.1. The van der Waals surface area contributed by atoms with Gasteiger partial charge in [-0.3, -0.25) is 9.59 Å². The second kappa shape index (κ2) is 13.5. The Kier molecular flexibility index (Phi) is 10.7. The second-order valence-electron chi connectivity index (χ2n) is 11.1. The maximum Gasteiger partial charge on any atom is 0.255 e. The first kappa shape index (κ1) is 30.0. The first-order valence-corrected chi connectivity index (χ1v) is 14.8. The van der Waals surface area contributed by atoms with E-state index < -0.39 is 6.04 Å². The van der Waals surface area contributed by atoms with Gasteiger partial charge in [0.15, 0.2) is 0 Å². The summed E-state index contributed by atoms with van der Waals surface area (Å²) in [6.07, 6.45) is 1.94. The number of nitrogens with one attached hydrogen (secondary N) is 1. The van der Waals surface area contributed by atoms with Crippen LogP contribution >= 0.6 is 11.8 Å². The average Bonchev–Trinajstić information content (AvgIpc) is 3.36. The van der Waals surface area contributed by atoms with Crippen LogP contribution in [-0.4, -0.2) is 66.2 Å². The number of benzene rings is 2. The molecule has 7 heteroatoms. The molecule has 1 aliphatic heterocycles. The molecule has 1 saturated heterocycles. The van der Waals surface area contributed by atoms with Crippen molar-refractivity contribution in [3.63, 3.8) is 0 Å². The molecule has 0 radical (unpaired) electrons. The lowest BCUT2D eigenvalue weighted by molar-refractivity contribution is -0.125. The lowest BCUT2D eigenvalue weighted by atomic mass is 9.86. The van der Waals surface area contributed by atoms with Crippen molar-refractivity contribution in [2.45, 2.75) is 77.3 Å². The van der Waals surface area contributed by atoms with E-state index in [1.54, 1.807) is 48.0 Å². The van der Waals surface area contributed by atoms with Crippen LogP contribution in [0.15, 0.2) is 48.5 Å². The van der Waals surface area contributed by atoms with Crippen molar-refractivity contribution in [1.29, 1.82) is 0 Å². The zero-order valence-corrected chi connectivity index (χ0v) is 24.9. The molecule has 0 bridgehead atoms. The highest BCUT2D eigenvalue weighted by Crippen LogP contribution is 2.43. The molecule has 38 heavy (non-hydrogen) atoms. The van der Waals surface area contributed by atoms with Gasteiger partial charge in [0.2, 0.25) is 5.91 Å². The van der Waals surface area contributed by atoms with Gasteiger partial charge in [0.25, 0.3) is 5.91 Å². The summed E-state index contributed by atoms with van der Waals surface area (Å²) in [6, 6.07) is 15.1. The second-order valence-corrected chi connectivity index (χ2v) is 12.2. The van der Waals surface area contributed by atoms with Gasteiger partial charge < -0.3 is 19.9 Å². The van der Waals surface area contributed by atoms with E-state index in [0.29, 0.717) is 17.1 Å². The molecule has 6 nitrogen and oxygen atoms in total. The van der Waals surface area contributed by atoms with E-state index in [-0.39, 0.29) is 28.6 Å². The van der Waals surface area contributed by atoms with Gasteiger partial charge in [-0.1, -0.05) is 58.9 Å². The van der Waals surface area contributed by atoms with Crippen molar-refractivity contribution >= 4 is 23.6 Å². The molecule has 3 atom stereocenters. The molecule has 1 aliphatic rings. The Morgan fingerprint density at radius 2 is 1.71 bits per heavy atom. The van der Waals surface area contributed by atoms with Crippen LogP contribution in [0.4, 0.5) is 0 Å². The Morgan fingerprint density at radius 1 is 1.08 bits per heavy atom. The fourth-order valence-corrected chi connectivity index (χ4v) is 6.25. The number of methoxy groups -OCH3 is 1. The third-order valence-corrected chi connectivity index (χ3v) is 8.65. The van der Waals surface area contributed by atoms with E-state index in [1.807, 2.05) is 0 Å². The SMILES string of the molecule is CCN(CC)CCCC(C)NC(=O)C1CSC(c2ccc(C(C)(C)C)cc2)N1C(=O)c1ccc(OC)cc1. The van der Waals surface area contributed by atoms with Gasteiger partial charge in [-0.15, -0.1) is 11.8 Å². The smallest absolute Gasteiger partial charge is 0.255 e. The van der Waals surface area contributed by atoms with E-state index in [2.05, 4.69) is 76.0 Å². The minimum atomic E-state index is -0.535. The largest absolute Gasteiger partial charge is 0.497 e. The summed E-state index contributed by atoms with van der Waals surface area (Å²) >= 11 is 1.65. The van der Waals surface area contributed by atoms with Crippen molar-refractivity contribution in [2.75, 3.05) is 32.5 Å². The molecule has 0 spiro atoms. The van der Waals surface area contributed by atoms with Gasteiger partial charge in [-0.05, 0) is 80.2 Å². The Balaban J connectivity index is 1.80. The lowest BCUT2D eigenvalue weighted by Crippen LogP contribution is -2.50. The van der Waals surface area contributed by atoms with Crippen molar-refractivity contribution < 1.29 is 14.3 Å². The molecule has 3 unspecified atom stereocenters. The van der Waals surface area contributed by atoms with Crippen LogP contribution in [0.1, 0.15) is 81.2 Å². The molecule has 208 valence electrons. The number of amides is 2. The average molecular weight is 540 g/mol. The van der Waals surface area contributed by atoms with Crippen LogP contribution in [0.3, 0.4) is 0 Å². The minimum absolute atomic E-state index is 0.0454. The molecular formula is C31H45N3O3S. The van der Waals surface area contributed by atoms with Gasteiger partial charge in [0.05, 0.1) is 7.11 Å². The van der Waals surface area contributed by atoms with Crippen molar-refractivity contribution in [3.8, 4) is 5.75 Å². The van der Waals surface area contributed by atoms with E-state index in [9.17, 15) is 9.59 Å². The van der Waals surface area contributed by atoms with Crippen molar-refractivity contribution in [2.24, 2.45) is 0 Å². The maximum atomic E-state index is 13.9. The quantitative estimate of drug-likeness (QED) is 0.387. The number of thioether (sulfide) groups is 1.